The molecule has 1 aromatic heterocycles. The number of nitrogens with zero attached hydrogens (tertiary/aromatic N) is 1. The molecule has 0 bridgehead atoms. The second-order valence-corrected chi connectivity index (χ2v) is 4.52. The summed E-state index contributed by atoms with van der Waals surface area (Å²) in [6.07, 6.45) is 3.57. The zero-order valence-electron chi connectivity index (χ0n) is 9.68. The van der Waals surface area contributed by atoms with Gasteiger partial charge in [0.2, 0.25) is 0 Å². The van der Waals surface area contributed by atoms with Gasteiger partial charge in [0.15, 0.2) is 0 Å². The number of aromatic nitrogens is 1. The van der Waals surface area contributed by atoms with Crippen LogP contribution in [0.3, 0.4) is 0 Å². The van der Waals surface area contributed by atoms with Gasteiger partial charge in [-0.15, -0.1) is 0 Å². The Kier molecular flexibility index (Phi) is 3.77. The Morgan fingerprint density at radius 3 is 2.41 bits per heavy atom. The van der Waals surface area contributed by atoms with Crippen LogP contribution in [-0.4, -0.2) is 4.98 Å². The van der Waals surface area contributed by atoms with Crippen molar-refractivity contribution in [3.8, 4) is 0 Å². The predicted octanol–water partition coefficient (Wildman–Crippen LogP) is 3.54. The van der Waals surface area contributed by atoms with Gasteiger partial charge in [-0.1, -0.05) is 36.7 Å². The van der Waals surface area contributed by atoms with Crippen molar-refractivity contribution in [2.75, 3.05) is 0 Å². The molecule has 0 saturated carbocycles. The Hall–Kier alpha value is -1.38. The molecule has 0 aliphatic rings. The molecule has 0 fully saturated rings. The summed E-state index contributed by atoms with van der Waals surface area (Å²) in [6, 6.07) is 11.6. The average molecular weight is 247 g/mol. The van der Waals surface area contributed by atoms with E-state index in [1.807, 2.05) is 36.4 Å². The Morgan fingerprint density at radius 2 is 1.76 bits per heavy atom. The van der Waals surface area contributed by atoms with Crippen molar-refractivity contribution in [1.29, 1.82) is 0 Å². The number of hydrogen-bond acceptors (Lipinski definition) is 2. The molecule has 0 aliphatic carbocycles. The van der Waals surface area contributed by atoms with Crippen LogP contribution >= 0.6 is 11.6 Å². The third kappa shape index (κ3) is 2.65. The number of pyridine rings is 1. The Balaban J connectivity index is 2.27. The summed E-state index contributed by atoms with van der Waals surface area (Å²) in [5.41, 5.74) is 8.42. The van der Waals surface area contributed by atoms with Gasteiger partial charge in [-0.25, -0.2) is 0 Å². The normalized spacial score (nSPS) is 14.3. The first kappa shape index (κ1) is 12.1. The van der Waals surface area contributed by atoms with Gasteiger partial charge in [-0.05, 0) is 29.3 Å². The van der Waals surface area contributed by atoms with Crippen LogP contribution in [-0.2, 0) is 0 Å². The van der Waals surface area contributed by atoms with E-state index in [9.17, 15) is 0 Å². The summed E-state index contributed by atoms with van der Waals surface area (Å²) in [4.78, 5) is 4.01. The molecule has 2 aromatic rings. The smallest absolute Gasteiger partial charge is 0.0453 e. The fourth-order valence-corrected chi connectivity index (χ4v) is 2.15. The van der Waals surface area contributed by atoms with E-state index in [4.69, 9.17) is 17.3 Å². The van der Waals surface area contributed by atoms with E-state index >= 15 is 0 Å². The molecular weight excluding hydrogens is 232 g/mol. The van der Waals surface area contributed by atoms with Gasteiger partial charge in [0.1, 0.15) is 0 Å². The molecule has 2 atom stereocenters. The molecule has 2 nitrogen and oxygen atoms in total. The van der Waals surface area contributed by atoms with Gasteiger partial charge in [-0.2, -0.15) is 0 Å². The van der Waals surface area contributed by atoms with Crippen molar-refractivity contribution in [3.05, 3.63) is 64.9 Å². The topological polar surface area (TPSA) is 38.9 Å². The number of rotatable bonds is 3. The van der Waals surface area contributed by atoms with E-state index in [2.05, 4.69) is 11.9 Å². The number of hydrogen-bond donors (Lipinski definition) is 1. The lowest BCUT2D eigenvalue weighted by Gasteiger charge is -2.21. The molecule has 0 amide bonds. The molecule has 0 saturated heterocycles. The van der Waals surface area contributed by atoms with Gasteiger partial charge in [-0.3, -0.25) is 4.98 Å². The maximum Gasteiger partial charge on any atom is 0.0453 e. The van der Waals surface area contributed by atoms with E-state index in [0.29, 0.717) is 0 Å². The number of nitrogens with two attached hydrogens (primary N) is 1. The predicted molar refractivity (Wildman–Crippen MR) is 71.0 cm³/mol. The molecule has 1 aromatic carbocycles. The largest absolute Gasteiger partial charge is 0.323 e. The molecule has 17 heavy (non-hydrogen) atoms. The summed E-state index contributed by atoms with van der Waals surface area (Å²) < 4.78 is 0. The molecule has 0 radical (unpaired) electrons. The van der Waals surface area contributed by atoms with Gasteiger partial charge in [0, 0.05) is 29.4 Å². The lowest BCUT2D eigenvalue weighted by molar-refractivity contribution is 0.597. The Morgan fingerprint density at radius 1 is 1.12 bits per heavy atom. The van der Waals surface area contributed by atoms with Gasteiger partial charge in [0.05, 0.1) is 0 Å². The van der Waals surface area contributed by atoms with Gasteiger partial charge < -0.3 is 5.73 Å². The molecule has 0 aliphatic heterocycles. The highest BCUT2D eigenvalue weighted by Crippen LogP contribution is 2.31. The van der Waals surface area contributed by atoms with E-state index in [-0.39, 0.29) is 12.0 Å². The Bertz CT molecular complexity index is 485. The van der Waals surface area contributed by atoms with Crippen molar-refractivity contribution in [3.63, 3.8) is 0 Å². The summed E-state index contributed by atoms with van der Waals surface area (Å²) in [5, 5.41) is 0.723. The summed E-state index contributed by atoms with van der Waals surface area (Å²) in [7, 11) is 0. The summed E-state index contributed by atoms with van der Waals surface area (Å²) in [6.45, 7) is 2.10. The highest BCUT2D eigenvalue weighted by atomic mass is 35.5. The van der Waals surface area contributed by atoms with Gasteiger partial charge >= 0.3 is 0 Å². The minimum atomic E-state index is -0.105. The molecule has 2 N–H and O–H groups in total. The van der Waals surface area contributed by atoms with Crippen LogP contribution in [0.2, 0.25) is 5.02 Å². The molecule has 3 heteroatoms. The molecule has 1 heterocycles. The highest BCUT2D eigenvalue weighted by Gasteiger charge is 2.18. The second-order valence-electron chi connectivity index (χ2n) is 4.12. The van der Waals surface area contributed by atoms with E-state index < -0.39 is 0 Å². The van der Waals surface area contributed by atoms with Crippen molar-refractivity contribution < 1.29 is 0 Å². The highest BCUT2D eigenvalue weighted by molar-refractivity contribution is 6.31. The molecule has 88 valence electrons. The van der Waals surface area contributed by atoms with E-state index in [0.717, 1.165) is 10.6 Å². The summed E-state index contributed by atoms with van der Waals surface area (Å²) >= 11 is 6.16. The van der Waals surface area contributed by atoms with Crippen LogP contribution in [0, 0.1) is 0 Å². The number of benzene rings is 1. The van der Waals surface area contributed by atoms with Crippen molar-refractivity contribution in [1.82, 2.24) is 4.98 Å². The fraction of sp³-hybridized carbons (Fsp3) is 0.214. The monoisotopic (exact) mass is 246 g/mol. The quantitative estimate of drug-likeness (QED) is 0.900. The lowest BCUT2D eigenvalue weighted by atomic mass is 9.90. The third-order valence-corrected chi connectivity index (χ3v) is 3.38. The second kappa shape index (κ2) is 5.30. The van der Waals surface area contributed by atoms with Crippen LogP contribution in [0.15, 0.2) is 48.8 Å². The minimum absolute atomic E-state index is 0.105. The lowest BCUT2D eigenvalue weighted by Crippen LogP contribution is -2.18. The van der Waals surface area contributed by atoms with Crippen molar-refractivity contribution in [2.24, 2.45) is 5.73 Å². The van der Waals surface area contributed by atoms with E-state index in [1.165, 1.54) is 5.56 Å². The molecular formula is C14H15ClN2. The first-order valence-corrected chi connectivity index (χ1v) is 5.98. The SMILES string of the molecule is CC(c1ccncc1)C(N)c1ccccc1Cl. The zero-order valence-corrected chi connectivity index (χ0v) is 10.4. The maximum atomic E-state index is 6.27. The molecule has 0 spiro atoms. The minimum Gasteiger partial charge on any atom is -0.323 e. The average Bonchev–Trinajstić information content (AvgIpc) is 2.39. The van der Waals surface area contributed by atoms with E-state index in [1.54, 1.807) is 12.4 Å². The first-order valence-electron chi connectivity index (χ1n) is 5.60. The molecule has 2 rings (SSSR count). The van der Waals surface area contributed by atoms with Crippen LogP contribution in [0.4, 0.5) is 0 Å². The zero-order chi connectivity index (χ0) is 12.3. The van der Waals surface area contributed by atoms with Gasteiger partial charge in [0.25, 0.3) is 0 Å². The number of halogens is 1. The van der Waals surface area contributed by atoms with Crippen LogP contribution in [0.5, 0.6) is 0 Å². The van der Waals surface area contributed by atoms with Crippen LogP contribution in [0.1, 0.15) is 30.0 Å². The Labute approximate surface area is 106 Å². The maximum absolute atomic E-state index is 6.27. The first-order chi connectivity index (χ1) is 8.20. The van der Waals surface area contributed by atoms with Crippen molar-refractivity contribution >= 4 is 11.6 Å². The molecule has 2 unspecified atom stereocenters. The fourth-order valence-electron chi connectivity index (χ4n) is 1.89. The van der Waals surface area contributed by atoms with Crippen molar-refractivity contribution in [2.45, 2.75) is 18.9 Å². The standard InChI is InChI=1S/C14H15ClN2/c1-10(11-6-8-17-9-7-11)14(16)12-4-2-3-5-13(12)15/h2-10,14H,16H2,1H3. The third-order valence-electron chi connectivity index (χ3n) is 3.03. The summed E-state index contributed by atoms with van der Waals surface area (Å²) in [5.74, 6) is 0.206. The van der Waals surface area contributed by atoms with Crippen LogP contribution < -0.4 is 5.73 Å². The van der Waals surface area contributed by atoms with Crippen LogP contribution in [0.25, 0.3) is 0 Å².